The average Bonchev–Trinajstić information content (AvgIpc) is 2.53. The van der Waals surface area contributed by atoms with Gasteiger partial charge in [-0.05, 0) is 36.8 Å². The van der Waals surface area contributed by atoms with Crippen molar-refractivity contribution in [3.05, 3.63) is 65.7 Å². The second kappa shape index (κ2) is 7.26. The number of primary amides is 1. The van der Waals surface area contributed by atoms with E-state index in [4.69, 9.17) is 10.5 Å². The lowest BCUT2D eigenvalue weighted by atomic mass is 10.1. The van der Waals surface area contributed by atoms with Crippen LogP contribution >= 0.6 is 0 Å². The monoisotopic (exact) mass is 298 g/mol. The van der Waals surface area contributed by atoms with E-state index >= 15 is 0 Å². The number of para-hydroxylation sites is 1. The number of hydrogen-bond donors (Lipinski definition) is 2. The zero-order valence-corrected chi connectivity index (χ0v) is 12.3. The van der Waals surface area contributed by atoms with Crippen molar-refractivity contribution in [3.63, 3.8) is 0 Å². The van der Waals surface area contributed by atoms with Crippen molar-refractivity contribution in [2.75, 3.05) is 0 Å². The fourth-order valence-electron chi connectivity index (χ4n) is 1.88. The van der Waals surface area contributed by atoms with Gasteiger partial charge in [-0.2, -0.15) is 0 Å². The summed E-state index contributed by atoms with van der Waals surface area (Å²) in [6.07, 6.45) is -0.590. The maximum atomic E-state index is 12.0. The van der Waals surface area contributed by atoms with Gasteiger partial charge in [0.15, 0.2) is 6.10 Å². The van der Waals surface area contributed by atoms with Crippen LogP contribution in [0.4, 0.5) is 0 Å². The first-order valence-corrected chi connectivity index (χ1v) is 6.94. The predicted octanol–water partition coefficient (Wildman–Crippen LogP) is 1.87. The van der Waals surface area contributed by atoms with Crippen molar-refractivity contribution in [2.45, 2.75) is 19.6 Å². The van der Waals surface area contributed by atoms with Crippen LogP contribution in [0, 0.1) is 0 Å². The van der Waals surface area contributed by atoms with E-state index in [9.17, 15) is 9.59 Å². The molecule has 5 nitrogen and oxygen atoms in total. The van der Waals surface area contributed by atoms with Crippen LogP contribution in [0.1, 0.15) is 22.8 Å². The standard InChI is InChI=1S/C17H18N2O3/c1-12(22-15-5-3-2-4-6-15)17(21)19-11-13-7-9-14(10-8-13)16(18)20/h2-10,12H,11H2,1H3,(H2,18,20)(H,19,21). The van der Waals surface area contributed by atoms with Crippen LogP contribution in [0.25, 0.3) is 0 Å². The molecule has 114 valence electrons. The molecule has 0 spiro atoms. The summed E-state index contributed by atoms with van der Waals surface area (Å²) in [4.78, 5) is 23.0. The van der Waals surface area contributed by atoms with Crippen LogP contribution in [-0.4, -0.2) is 17.9 Å². The molecule has 2 aromatic rings. The summed E-state index contributed by atoms with van der Waals surface area (Å²) < 4.78 is 5.54. The lowest BCUT2D eigenvalue weighted by Crippen LogP contribution is -2.35. The molecule has 0 fully saturated rings. The van der Waals surface area contributed by atoms with Crippen molar-refractivity contribution < 1.29 is 14.3 Å². The zero-order chi connectivity index (χ0) is 15.9. The van der Waals surface area contributed by atoms with E-state index in [0.717, 1.165) is 5.56 Å². The molecule has 2 aromatic carbocycles. The number of carbonyl (C=O) groups excluding carboxylic acids is 2. The summed E-state index contributed by atoms with van der Waals surface area (Å²) in [6, 6.07) is 15.9. The molecule has 0 heterocycles. The Morgan fingerprint density at radius 2 is 1.73 bits per heavy atom. The molecule has 1 unspecified atom stereocenters. The van der Waals surface area contributed by atoms with E-state index in [1.54, 1.807) is 43.3 Å². The topological polar surface area (TPSA) is 81.4 Å². The highest BCUT2D eigenvalue weighted by molar-refractivity contribution is 5.92. The number of carbonyl (C=O) groups is 2. The summed E-state index contributed by atoms with van der Waals surface area (Å²) in [5, 5.41) is 2.79. The van der Waals surface area contributed by atoms with E-state index < -0.39 is 12.0 Å². The van der Waals surface area contributed by atoms with Crippen molar-refractivity contribution in [2.24, 2.45) is 5.73 Å². The number of rotatable bonds is 6. The minimum atomic E-state index is -0.590. The molecule has 2 rings (SSSR count). The summed E-state index contributed by atoms with van der Waals surface area (Å²) in [5.41, 5.74) is 6.49. The minimum absolute atomic E-state index is 0.206. The van der Waals surface area contributed by atoms with Crippen LogP contribution in [0.5, 0.6) is 5.75 Å². The summed E-state index contributed by atoms with van der Waals surface area (Å²) >= 11 is 0. The Labute approximate surface area is 129 Å². The first-order chi connectivity index (χ1) is 10.6. The molecule has 0 aliphatic carbocycles. The minimum Gasteiger partial charge on any atom is -0.481 e. The Morgan fingerprint density at radius 1 is 1.09 bits per heavy atom. The van der Waals surface area contributed by atoms with Gasteiger partial charge in [0.1, 0.15) is 5.75 Å². The van der Waals surface area contributed by atoms with Gasteiger partial charge in [-0.25, -0.2) is 0 Å². The molecule has 3 N–H and O–H groups in total. The quantitative estimate of drug-likeness (QED) is 0.854. The SMILES string of the molecule is CC(Oc1ccccc1)C(=O)NCc1ccc(C(N)=O)cc1. The van der Waals surface area contributed by atoms with Gasteiger partial charge in [-0.3, -0.25) is 9.59 Å². The number of benzene rings is 2. The molecule has 0 aliphatic heterocycles. The van der Waals surface area contributed by atoms with E-state index in [2.05, 4.69) is 5.32 Å². The van der Waals surface area contributed by atoms with E-state index in [1.807, 2.05) is 18.2 Å². The molecule has 0 aromatic heterocycles. The van der Waals surface area contributed by atoms with Gasteiger partial charge in [0.2, 0.25) is 5.91 Å². The smallest absolute Gasteiger partial charge is 0.261 e. The van der Waals surface area contributed by atoms with E-state index in [-0.39, 0.29) is 5.91 Å². The Hall–Kier alpha value is -2.82. The zero-order valence-electron chi connectivity index (χ0n) is 12.3. The number of hydrogen-bond acceptors (Lipinski definition) is 3. The van der Waals surface area contributed by atoms with Gasteiger partial charge >= 0.3 is 0 Å². The molecule has 0 radical (unpaired) electrons. The summed E-state index contributed by atoms with van der Waals surface area (Å²) in [7, 11) is 0. The number of ether oxygens (including phenoxy) is 1. The highest BCUT2D eigenvalue weighted by Crippen LogP contribution is 2.11. The van der Waals surface area contributed by atoms with E-state index in [0.29, 0.717) is 17.9 Å². The lowest BCUT2D eigenvalue weighted by Gasteiger charge is -2.14. The second-order valence-corrected chi connectivity index (χ2v) is 4.85. The van der Waals surface area contributed by atoms with Crippen molar-refractivity contribution >= 4 is 11.8 Å². The largest absolute Gasteiger partial charge is 0.481 e. The highest BCUT2D eigenvalue weighted by Gasteiger charge is 2.14. The van der Waals surface area contributed by atoms with Crippen LogP contribution in [-0.2, 0) is 11.3 Å². The second-order valence-electron chi connectivity index (χ2n) is 4.85. The molecule has 1 atom stereocenters. The normalized spacial score (nSPS) is 11.5. The van der Waals surface area contributed by atoms with Crippen LogP contribution in [0.15, 0.2) is 54.6 Å². The molecular formula is C17H18N2O3. The maximum Gasteiger partial charge on any atom is 0.261 e. The molecule has 0 bridgehead atoms. The van der Waals surface area contributed by atoms with Gasteiger partial charge in [0.25, 0.3) is 5.91 Å². The molecule has 22 heavy (non-hydrogen) atoms. The van der Waals surface area contributed by atoms with Gasteiger partial charge < -0.3 is 15.8 Å². The molecular weight excluding hydrogens is 280 g/mol. The van der Waals surface area contributed by atoms with Crippen LogP contribution < -0.4 is 15.8 Å². The third-order valence-corrected chi connectivity index (χ3v) is 3.13. The van der Waals surface area contributed by atoms with Crippen LogP contribution in [0.3, 0.4) is 0 Å². The summed E-state index contributed by atoms with van der Waals surface area (Å²) in [6.45, 7) is 2.05. The van der Waals surface area contributed by atoms with E-state index in [1.165, 1.54) is 0 Å². The molecule has 0 saturated heterocycles. The Kier molecular flexibility index (Phi) is 5.14. The van der Waals surface area contributed by atoms with Crippen LogP contribution in [0.2, 0.25) is 0 Å². The fourth-order valence-corrected chi connectivity index (χ4v) is 1.88. The Balaban J connectivity index is 1.85. The highest BCUT2D eigenvalue weighted by atomic mass is 16.5. The number of nitrogens with one attached hydrogen (secondary N) is 1. The van der Waals surface area contributed by atoms with Crippen molar-refractivity contribution in [1.82, 2.24) is 5.32 Å². The maximum absolute atomic E-state index is 12.0. The predicted molar refractivity (Wildman–Crippen MR) is 83.3 cm³/mol. The molecule has 0 aliphatic rings. The lowest BCUT2D eigenvalue weighted by molar-refractivity contribution is -0.127. The summed E-state index contributed by atoms with van der Waals surface area (Å²) in [5.74, 6) is -0.0285. The molecule has 2 amide bonds. The van der Waals surface area contributed by atoms with Crippen molar-refractivity contribution in [3.8, 4) is 5.75 Å². The Morgan fingerprint density at radius 3 is 2.32 bits per heavy atom. The Bertz CT molecular complexity index is 639. The first-order valence-electron chi connectivity index (χ1n) is 6.94. The van der Waals surface area contributed by atoms with Gasteiger partial charge in [-0.1, -0.05) is 30.3 Å². The third kappa shape index (κ3) is 4.34. The van der Waals surface area contributed by atoms with Gasteiger partial charge in [0.05, 0.1) is 0 Å². The third-order valence-electron chi connectivity index (χ3n) is 3.13. The number of amides is 2. The van der Waals surface area contributed by atoms with Gasteiger partial charge in [-0.15, -0.1) is 0 Å². The van der Waals surface area contributed by atoms with Crippen molar-refractivity contribution in [1.29, 1.82) is 0 Å². The van der Waals surface area contributed by atoms with Gasteiger partial charge in [0, 0.05) is 12.1 Å². The molecule has 5 heteroatoms. The average molecular weight is 298 g/mol. The molecule has 0 saturated carbocycles. The number of nitrogens with two attached hydrogens (primary N) is 1. The first kappa shape index (κ1) is 15.6. The fraction of sp³-hybridized carbons (Fsp3) is 0.176.